The van der Waals surface area contributed by atoms with Crippen molar-refractivity contribution in [1.82, 2.24) is 15.5 Å². The molecule has 1 saturated heterocycles. The Morgan fingerprint density at radius 2 is 1.63 bits per heavy atom. The normalized spacial score (nSPS) is 20.2. The van der Waals surface area contributed by atoms with Gasteiger partial charge in [-0.05, 0) is 43.2 Å². The van der Waals surface area contributed by atoms with E-state index in [0.29, 0.717) is 12.5 Å². The van der Waals surface area contributed by atoms with E-state index in [1.165, 1.54) is 17.2 Å². The van der Waals surface area contributed by atoms with Crippen LogP contribution in [0.1, 0.15) is 30.5 Å². The van der Waals surface area contributed by atoms with Crippen LogP contribution in [0.3, 0.4) is 0 Å². The first-order valence-electron chi connectivity index (χ1n) is 10.3. The van der Waals surface area contributed by atoms with Crippen molar-refractivity contribution in [1.29, 1.82) is 0 Å². The number of ether oxygens (including phenoxy) is 1. The van der Waals surface area contributed by atoms with Crippen LogP contribution >= 0.6 is 0 Å². The Morgan fingerprint density at radius 1 is 1.00 bits per heavy atom. The Bertz CT molecular complexity index is 864. The maximum atomic E-state index is 13.8. The van der Waals surface area contributed by atoms with E-state index in [1.54, 1.807) is 7.05 Å². The fraction of sp³-hybridized carbons (Fsp3) is 0.435. The van der Waals surface area contributed by atoms with E-state index in [-0.39, 0.29) is 24.3 Å². The summed E-state index contributed by atoms with van der Waals surface area (Å²) in [5.74, 6) is -0.377. The number of aliphatic imine (C=N–C) groups is 1. The topological polar surface area (TPSA) is 48.9 Å². The van der Waals surface area contributed by atoms with Crippen molar-refractivity contribution in [2.24, 2.45) is 4.99 Å². The molecule has 1 fully saturated rings. The average Bonchev–Trinajstić information content (AvgIpc) is 2.71. The highest BCUT2D eigenvalue weighted by atomic mass is 19.1. The second-order valence-corrected chi connectivity index (χ2v) is 7.74. The largest absolute Gasteiger partial charge is 0.373 e. The van der Waals surface area contributed by atoms with E-state index in [4.69, 9.17) is 4.74 Å². The Balaban J connectivity index is 1.58. The average molecular weight is 417 g/mol. The molecule has 5 nitrogen and oxygen atoms in total. The zero-order chi connectivity index (χ0) is 21.5. The number of halogens is 2. The molecule has 0 bridgehead atoms. The third-order valence-corrected chi connectivity index (χ3v) is 5.13. The van der Waals surface area contributed by atoms with E-state index in [1.807, 2.05) is 12.1 Å². The van der Waals surface area contributed by atoms with Gasteiger partial charge in [0.1, 0.15) is 11.6 Å². The van der Waals surface area contributed by atoms with Crippen LogP contribution in [0.25, 0.3) is 0 Å². The van der Waals surface area contributed by atoms with Crippen molar-refractivity contribution >= 4 is 5.96 Å². The van der Waals surface area contributed by atoms with Crippen molar-refractivity contribution in [3.63, 3.8) is 0 Å². The van der Waals surface area contributed by atoms with Crippen LogP contribution in [0.4, 0.5) is 8.78 Å². The van der Waals surface area contributed by atoms with Gasteiger partial charge in [0.15, 0.2) is 5.96 Å². The third-order valence-electron chi connectivity index (χ3n) is 5.13. The predicted molar refractivity (Wildman–Crippen MR) is 115 cm³/mol. The summed E-state index contributed by atoms with van der Waals surface area (Å²) >= 11 is 0. The molecule has 0 saturated carbocycles. The lowest BCUT2D eigenvalue weighted by molar-refractivity contribution is -0.0705. The van der Waals surface area contributed by atoms with E-state index in [0.717, 1.165) is 31.8 Å². The molecule has 1 aliphatic heterocycles. The summed E-state index contributed by atoms with van der Waals surface area (Å²) in [6.07, 6.45) is 0.454. The number of morpholine rings is 1. The van der Waals surface area contributed by atoms with Crippen LogP contribution in [-0.4, -0.2) is 43.2 Å². The standard InChI is InChI=1S/C23H30F2N4O/c1-16-13-29(14-17(2)30-16)15-19-7-5-4-6-18(19)11-27-23(26-3)28-12-20-10-21(24)8-9-22(20)25/h4-10,16-17H,11-15H2,1-3H3,(H2,26,27,28). The minimum absolute atomic E-state index is 0.147. The van der Waals surface area contributed by atoms with Crippen molar-refractivity contribution in [2.45, 2.75) is 45.7 Å². The van der Waals surface area contributed by atoms with Crippen LogP contribution in [0, 0.1) is 11.6 Å². The fourth-order valence-electron chi connectivity index (χ4n) is 3.80. The quantitative estimate of drug-likeness (QED) is 0.560. The number of hydrogen-bond donors (Lipinski definition) is 2. The Labute approximate surface area is 177 Å². The van der Waals surface area contributed by atoms with Gasteiger partial charge in [0.25, 0.3) is 0 Å². The van der Waals surface area contributed by atoms with Gasteiger partial charge in [-0.25, -0.2) is 8.78 Å². The molecule has 3 rings (SSSR count). The molecule has 7 heteroatoms. The lowest BCUT2D eigenvalue weighted by atomic mass is 10.1. The maximum absolute atomic E-state index is 13.8. The highest BCUT2D eigenvalue weighted by molar-refractivity contribution is 5.79. The molecule has 2 atom stereocenters. The minimum Gasteiger partial charge on any atom is -0.373 e. The van der Waals surface area contributed by atoms with Crippen LogP contribution in [-0.2, 0) is 24.4 Å². The van der Waals surface area contributed by atoms with Crippen molar-refractivity contribution in [3.8, 4) is 0 Å². The van der Waals surface area contributed by atoms with Crippen LogP contribution in [0.15, 0.2) is 47.5 Å². The molecule has 2 N–H and O–H groups in total. The van der Waals surface area contributed by atoms with Gasteiger partial charge in [0.05, 0.1) is 12.2 Å². The number of guanidine groups is 1. The van der Waals surface area contributed by atoms with Gasteiger partial charge in [-0.15, -0.1) is 0 Å². The second-order valence-electron chi connectivity index (χ2n) is 7.74. The first kappa shape index (κ1) is 22.2. The van der Waals surface area contributed by atoms with Gasteiger partial charge in [-0.3, -0.25) is 9.89 Å². The maximum Gasteiger partial charge on any atom is 0.191 e. The molecular formula is C23H30F2N4O. The molecule has 0 aromatic heterocycles. The Hall–Kier alpha value is -2.51. The molecule has 30 heavy (non-hydrogen) atoms. The molecular weight excluding hydrogens is 386 g/mol. The first-order chi connectivity index (χ1) is 14.4. The molecule has 2 aromatic carbocycles. The van der Waals surface area contributed by atoms with Crippen molar-refractivity contribution in [2.75, 3.05) is 20.1 Å². The lowest BCUT2D eigenvalue weighted by Gasteiger charge is -2.35. The van der Waals surface area contributed by atoms with Gasteiger partial charge in [0, 0.05) is 45.3 Å². The van der Waals surface area contributed by atoms with E-state index in [9.17, 15) is 8.78 Å². The van der Waals surface area contributed by atoms with Crippen LogP contribution in [0.5, 0.6) is 0 Å². The lowest BCUT2D eigenvalue weighted by Crippen LogP contribution is -2.45. The van der Waals surface area contributed by atoms with Gasteiger partial charge >= 0.3 is 0 Å². The number of hydrogen-bond acceptors (Lipinski definition) is 3. The van der Waals surface area contributed by atoms with Crippen molar-refractivity contribution < 1.29 is 13.5 Å². The first-order valence-corrected chi connectivity index (χ1v) is 10.3. The molecule has 2 aromatic rings. The van der Waals surface area contributed by atoms with Gasteiger partial charge < -0.3 is 15.4 Å². The minimum atomic E-state index is -0.461. The summed E-state index contributed by atoms with van der Waals surface area (Å²) in [5.41, 5.74) is 2.68. The zero-order valence-electron chi connectivity index (χ0n) is 17.8. The number of nitrogens with one attached hydrogen (secondary N) is 2. The van der Waals surface area contributed by atoms with E-state index in [2.05, 4.69) is 46.5 Å². The summed E-state index contributed by atoms with van der Waals surface area (Å²) in [4.78, 5) is 6.60. The van der Waals surface area contributed by atoms with Crippen molar-refractivity contribution in [3.05, 3.63) is 70.8 Å². The number of rotatable bonds is 6. The highest BCUT2D eigenvalue weighted by Gasteiger charge is 2.22. The highest BCUT2D eigenvalue weighted by Crippen LogP contribution is 2.17. The molecule has 0 amide bonds. The summed E-state index contributed by atoms with van der Waals surface area (Å²) in [6, 6.07) is 11.7. The smallest absolute Gasteiger partial charge is 0.191 e. The Kier molecular flexibility index (Phi) is 7.76. The molecule has 1 heterocycles. The SMILES string of the molecule is CN=C(NCc1cc(F)ccc1F)NCc1ccccc1CN1CC(C)OC(C)C1. The monoisotopic (exact) mass is 416 g/mol. The number of benzene rings is 2. The molecule has 0 radical (unpaired) electrons. The van der Waals surface area contributed by atoms with Crippen LogP contribution < -0.4 is 10.6 Å². The summed E-state index contributed by atoms with van der Waals surface area (Å²) in [5, 5.41) is 6.31. The third kappa shape index (κ3) is 6.24. The van der Waals surface area contributed by atoms with Gasteiger partial charge in [0.2, 0.25) is 0 Å². The van der Waals surface area contributed by atoms with Gasteiger partial charge in [-0.2, -0.15) is 0 Å². The molecule has 1 aliphatic rings. The van der Waals surface area contributed by atoms with E-state index < -0.39 is 11.6 Å². The summed E-state index contributed by atoms with van der Waals surface area (Å²) in [7, 11) is 1.65. The Morgan fingerprint density at radius 3 is 2.30 bits per heavy atom. The molecule has 2 unspecified atom stereocenters. The molecule has 162 valence electrons. The van der Waals surface area contributed by atoms with Gasteiger partial charge in [-0.1, -0.05) is 24.3 Å². The zero-order valence-corrected chi connectivity index (χ0v) is 17.8. The summed E-state index contributed by atoms with van der Waals surface area (Å²) < 4.78 is 33.0. The summed E-state index contributed by atoms with van der Waals surface area (Å²) in [6.45, 7) is 7.62. The predicted octanol–water partition coefficient (Wildman–Crippen LogP) is 3.44. The van der Waals surface area contributed by atoms with E-state index >= 15 is 0 Å². The van der Waals surface area contributed by atoms with Crippen LogP contribution in [0.2, 0.25) is 0 Å². The fourth-order valence-corrected chi connectivity index (χ4v) is 3.80. The molecule has 0 spiro atoms. The second kappa shape index (κ2) is 10.5. The number of nitrogens with zero attached hydrogens (tertiary/aromatic N) is 2. The molecule has 0 aliphatic carbocycles.